The van der Waals surface area contributed by atoms with Crippen molar-refractivity contribution in [3.8, 4) is 11.5 Å². The molecule has 4 rings (SSSR count). The number of carbonyl (C=O) groups excluding carboxylic acids is 1. The fraction of sp³-hybridized carbons (Fsp3) is 0.133. The van der Waals surface area contributed by atoms with Gasteiger partial charge in [-0.05, 0) is 24.1 Å². The molecule has 0 saturated heterocycles. The standard InChI is InChI=1S/C15H9Cl2N5OS/c16-9-2-1-3-10(17)8(9)6-12-14(23)22-13(20-21-15(22)24-12)11-7-18-4-5-19-11/h1-5,7,12H,6H2/t12-/m0/s1. The first kappa shape index (κ1) is 15.6. The van der Waals surface area contributed by atoms with Gasteiger partial charge in [0.25, 0.3) is 0 Å². The van der Waals surface area contributed by atoms with Gasteiger partial charge < -0.3 is 0 Å². The first-order valence-electron chi connectivity index (χ1n) is 7.00. The van der Waals surface area contributed by atoms with E-state index in [1.54, 1.807) is 36.8 Å². The molecule has 0 saturated carbocycles. The summed E-state index contributed by atoms with van der Waals surface area (Å²) in [6.07, 6.45) is 5.08. The largest absolute Gasteiger partial charge is 0.273 e. The highest BCUT2D eigenvalue weighted by Crippen LogP contribution is 2.37. The van der Waals surface area contributed by atoms with Crippen LogP contribution >= 0.6 is 35.0 Å². The molecule has 3 heterocycles. The lowest BCUT2D eigenvalue weighted by Gasteiger charge is -2.10. The van der Waals surface area contributed by atoms with E-state index in [9.17, 15) is 4.79 Å². The lowest BCUT2D eigenvalue weighted by atomic mass is 10.1. The second kappa shape index (κ2) is 6.16. The van der Waals surface area contributed by atoms with Crippen LogP contribution in [0, 0.1) is 0 Å². The van der Waals surface area contributed by atoms with Crippen LogP contribution < -0.4 is 0 Å². The quantitative estimate of drug-likeness (QED) is 0.696. The summed E-state index contributed by atoms with van der Waals surface area (Å²) in [4.78, 5) is 21.0. The topological polar surface area (TPSA) is 73.6 Å². The molecule has 1 aliphatic rings. The molecule has 120 valence electrons. The van der Waals surface area contributed by atoms with Crippen LogP contribution in [0.5, 0.6) is 0 Å². The van der Waals surface area contributed by atoms with Crippen LogP contribution in [0.3, 0.4) is 0 Å². The van der Waals surface area contributed by atoms with Crippen LogP contribution in [-0.2, 0) is 6.42 Å². The van der Waals surface area contributed by atoms with Crippen LogP contribution in [0.4, 0.5) is 0 Å². The summed E-state index contributed by atoms with van der Waals surface area (Å²) < 4.78 is 1.48. The van der Waals surface area contributed by atoms with E-state index in [1.165, 1.54) is 16.3 Å². The molecule has 24 heavy (non-hydrogen) atoms. The van der Waals surface area contributed by atoms with Gasteiger partial charge in [0, 0.05) is 22.4 Å². The highest BCUT2D eigenvalue weighted by Gasteiger charge is 2.36. The summed E-state index contributed by atoms with van der Waals surface area (Å²) in [6, 6.07) is 5.30. The van der Waals surface area contributed by atoms with Crippen molar-refractivity contribution in [2.45, 2.75) is 16.8 Å². The van der Waals surface area contributed by atoms with Gasteiger partial charge in [0.15, 0.2) is 11.0 Å². The minimum absolute atomic E-state index is 0.114. The fourth-order valence-corrected chi connectivity index (χ4v) is 4.12. The van der Waals surface area contributed by atoms with E-state index in [-0.39, 0.29) is 11.2 Å². The molecule has 0 spiro atoms. The lowest BCUT2D eigenvalue weighted by molar-refractivity contribution is 0.0911. The molecule has 0 aliphatic carbocycles. The summed E-state index contributed by atoms with van der Waals surface area (Å²) in [6.45, 7) is 0. The molecule has 0 amide bonds. The van der Waals surface area contributed by atoms with Gasteiger partial charge in [-0.15, -0.1) is 10.2 Å². The molecule has 1 atom stereocenters. The van der Waals surface area contributed by atoms with Crippen LogP contribution in [0.15, 0.2) is 41.9 Å². The number of halogens is 2. The number of carbonyl (C=O) groups is 1. The third-order valence-electron chi connectivity index (χ3n) is 3.62. The van der Waals surface area contributed by atoms with Crippen LogP contribution in [0.1, 0.15) is 10.4 Å². The van der Waals surface area contributed by atoms with Crippen LogP contribution in [0.25, 0.3) is 11.5 Å². The first-order valence-corrected chi connectivity index (χ1v) is 8.64. The van der Waals surface area contributed by atoms with Crippen LogP contribution in [0.2, 0.25) is 10.0 Å². The number of thioether (sulfide) groups is 1. The Balaban J connectivity index is 1.66. The summed E-state index contributed by atoms with van der Waals surface area (Å²) in [5.74, 6) is 0.278. The Hall–Kier alpha value is -1.96. The van der Waals surface area contributed by atoms with Gasteiger partial charge in [-0.2, -0.15) is 0 Å². The van der Waals surface area contributed by atoms with Gasteiger partial charge in [0.05, 0.1) is 11.4 Å². The Morgan fingerprint density at radius 2 is 1.96 bits per heavy atom. The summed E-state index contributed by atoms with van der Waals surface area (Å²) in [5.41, 5.74) is 1.26. The second-order valence-corrected chi connectivity index (χ2v) is 7.07. The predicted octanol–water partition coefficient (Wildman–Crippen LogP) is 3.40. The van der Waals surface area contributed by atoms with E-state index in [4.69, 9.17) is 23.2 Å². The minimum atomic E-state index is -0.358. The van der Waals surface area contributed by atoms with Crippen molar-refractivity contribution < 1.29 is 4.79 Å². The third-order valence-corrected chi connectivity index (χ3v) is 5.46. The van der Waals surface area contributed by atoms with Crippen molar-refractivity contribution in [1.82, 2.24) is 24.7 Å². The van der Waals surface area contributed by atoms with E-state index in [2.05, 4.69) is 20.2 Å². The number of hydrogen-bond acceptors (Lipinski definition) is 6. The third kappa shape index (κ3) is 2.58. The lowest BCUT2D eigenvalue weighted by Crippen LogP contribution is -2.21. The Kier molecular flexibility index (Phi) is 3.99. The molecule has 9 heteroatoms. The molecule has 2 aromatic heterocycles. The van der Waals surface area contributed by atoms with Crippen molar-refractivity contribution in [1.29, 1.82) is 0 Å². The Morgan fingerprint density at radius 1 is 1.17 bits per heavy atom. The number of benzene rings is 1. The zero-order chi connectivity index (χ0) is 16.7. The van der Waals surface area contributed by atoms with Crippen molar-refractivity contribution in [3.05, 3.63) is 52.4 Å². The molecular formula is C15H9Cl2N5OS. The Bertz CT molecular complexity index is 911. The second-order valence-electron chi connectivity index (χ2n) is 5.08. The average molecular weight is 378 g/mol. The predicted molar refractivity (Wildman–Crippen MR) is 91.5 cm³/mol. The highest BCUT2D eigenvalue weighted by molar-refractivity contribution is 8.00. The summed E-state index contributed by atoms with van der Waals surface area (Å²) >= 11 is 13.8. The number of hydrogen-bond donors (Lipinski definition) is 0. The normalized spacial score (nSPS) is 16.4. The monoisotopic (exact) mass is 377 g/mol. The van der Waals surface area contributed by atoms with E-state index in [0.29, 0.717) is 33.1 Å². The molecule has 0 N–H and O–H groups in total. The summed E-state index contributed by atoms with van der Waals surface area (Å²) in [7, 11) is 0. The maximum absolute atomic E-state index is 12.8. The molecule has 1 aromatic carbocycles. The average Bonchev–Trinajstić information content (AvgIpc) is 3.13. The Labute approximate surface area is 151 Å². The maximum Gasteiger partial charge on any atom is 0.248 e. The molecular weight excluding hydrogens is 369 g/mol. The van der Waals surface area contributed by atoms with E-state index in [1.807, 2.05) is 0 Å². The molecule has 1 aliphatic heterocycles. The molecule has 0 fully saturated rings. The highest BCUT2D eigenvalue weighted by atomic mass is 35.5. The van der Waals surface area contributed by atoms with Gasteiger partial charge in [-0.25, -0.2) is 9.55 Å². The maximum atomic E-state index is 12.8. The number of rotatable bonds is 3. The van der Waals surface area contributed by atoms with E-state index < -0.39 is 0 Å². The molecule has 0 unspecified atom stereocenters. The molecule has 0 bridgehead atoms. The van der Waals surface area contributed by atoms with Crippen molar-refractivity contribution in [3.63, 3.8) is 0 Å². The number of aromatic nitrogens is 5. The first-order chi connectivity index (χ1) is 11.6. The van der Waals surface area contributed by atoms with Crippen molar-refractivity contribution >= 4 is 40.9 Å². The number of nitrogens with zero attached hydrogens (tertiary/aromatic N) is 5. The molecule has 0 radical (unpaired) electrons. The zero-order valence-electron chi connectivity index (χ0n) is 12.1. The van der Waals surface area contributed by atoms with Gasteiger partial charge in [0.1, 0.15) is 5.69 Å². The van der Waals surface area contributed by atoms with Gasteiger partial charge in [-0.1, -0.05) is 41.0 Å². The van der Waals surface area contributed by atoms with Crippen LogP contribution in [-0.4, -0.2) is 35.9 Å². The Morgan fingerprint density at radius 3 is 2.67 bits per heavy atom. The van der Waals surface area contributed by atoms with Crippen molar-refractivity contribution in [2.75, 3.05) is 0 Å². The van der Waals surface area contributed by atoms with Gasteiger partial charge >= 0.3 is 0 Å². The minimum Gasteiger partial charge on any atom is -0.273 e. The van der Waals surface area contributed by atoms with Gasteiger partial charge in [0.2, 0.25) is 5.91 Å². The molecule has 6 nitrogen and oxygen atoms in total. The summed E-state index contributed by atoms with van der Waals surface area (Å²) in [5, 5.41) is 9.41. The zero-order valence-corrected chi connectivity index (χ0v) is 14.4. The number of fused-ring (bicyclic) bond motifs is 1. The van der Waals surface area contributed by atoms with E-state index >= 15 is 0 Å². The van der Waals surface area contributed by atoms with Gasteiger partial charge in [-0.3, -0.25) is 9.78 Å². The fourth-order valence-electron chi connectivity index (χ4n) is 2.49. The molecule has 3 aromatic rings. The smallest absolute Gasteiger partial charge is 0.248 e. The van der Waals surface area contributed by atoms with E-state index in [0.717, 1.165) is 5.56 Å². The SMILES string of the molecule is O=C1[C@H](Cc2c(Cl)cccc2Cl)Sc2nnc(-c3cnccn3)n21. The van der Waals surface area contributed by atoms with Crippen molar-refractivity contribution in [2.24, 2.45) is 0 Å².